The summed E-state index contributed by atoms with van der Waals surface area (Å²) in [5.74, 6) is -0.969. The first-order chi connectivity index (χ1) is 10.9. The van der Waals surface area contributed by atoms with Crippen molar-refractivity contribution in [1.82, 2.24) is 5.32 Å². The zero-order valence-corrected chi connectivity index (χ0v) is 12.8. The fraction of sp³-hybridized carbons (Fsp3) is 0.357. The highest BCUT2D eigenvalue weighted by atomic mass is 16.6. The van der Waals surface area contributed by atoms with Gasteiger partial charge in [-0.3, -0.25) is 19.7 Å². The molecule has 0 saturated carbocycles. The van der Waals surface area contributed by atoms with Crippen LogP contribution in [0.3, 0.4) is 0 Å². The molecule has 1 aromatic carbocycles. The summed E-state index contributed by atoms with van der Waals surface area (Å²) in [5.41, 5.74) is 0.114. The number of non-ortho nitro benzene ring substituents is 1. The second kappa shape index (κ2) is 9.13. The smallest absolute Gasteiger partial charge is 0.271 e. The minimum atomic E-state index is -0.632. The number of hydrogen-bond donors (Lipinski definition) is 2. The van der Waals surface area contributed by atoms with E-state index in [9.17, 15) is 19.7 Å². The summed E-state index contributed by atoms with van der Waals surface area (Å²) in [6, 6.07) is 5.50. The Morgan fingerprint density at radius 2 is 2.22 bits per heavy atom. The van der Waals surface area contributed by atoms with Gasteiger partial charge in [0.05, 0.1) is 4.92 Å². The number of benzene rings is 1. The Hall–Kier alpha value is -2.97. The number of oxime groups is 1. The van der Waals surface area contributed by atoms with Gasteiger partial charge >= 0.3 is 0 Å². The number of nitrogens with one attached hydrogen (secondary N) is 2. The lowest BCUT2D eigenvalue weighted by Gasteiger charge is -2.09. The van der Waals surface area contributed by atoms with Gasteiger partial charge in [-0.05, 0) is 19.4 Å². The number of rotatable bonds is 8. The summed E-state index contributed by atoms with van der Waals surface area (Å²) in [4.78, 5) is 37.7. The van der Waals surface area contributed by atoms with Crippen LogP contribution in [-0.2, 0) is 14.4 Å². The van der Waals surface area contributed by atoms with Crippen LogP contribution in [0.15, 0.2) is 29.4 Å². The number of carbonyl (C=O) groups is 2. The molecule has 124 valence electrons. The van der Waals surface area contributed by atoms with E-state index in [2.05, 4.69) is 15.8 Å². The molecular weight excluding hydrogens is 304 g/mol. The number of nitro benzene ring substituents is 1. The fourth-order valence-electron chi connectivity index (χ4n) is 1.47. The van der Waals surface area contributed by atoms with E-state index in [0.29, 0.717) is 0 Å². The molecule has 23 heavy (non-hydrogen) atoms. The first kappa shape index (κ1) is 18.1. The van der Waals surface area contributed by atoms with E-state index in [1.165, 1.54) is 24.3 Å². The highest BCUT2D eigenvalue weighted by Crippen LogP contribution is 2.16. The van der Waals surface area contributed by atoms with Crippen molar-refractivity contribution in [3.8, 4) is 0 Å². The van der Waals surface area contributed by atoms with Gasteiger partial charge in [0.2, 0.25) is 0 Å². The second-order valence-corrected chi connectivity index (χ2v) is 4.68. The number of anilines is 1. The van der Waals surface area contributed by atoms with E-state index in [1.807, 2.05) is 13.8 Å². The lowest BCUT2D eigenvalue weighted by molar-refractivity contribution is -0.384. The van der Waals surface area contributed by atoms with Crippen molar-refractivity contribution in [2.75, 3.05) is 11.9 Å². The SMILES string of the molecule is CC[C@@H](C)NC(=O)CO/N=C\C(=O)Nc1cccc([N+](=O)[O-])c1. The maximum atomic E-state index is 11.6. The van der Waals surface area contributed by atoms with Crippen molar-refractivity contribution >= 4 is 29.4 Å². The van der Waals surface area contributed by atoms with E-state index in [1.54, 1.807) is 0 Å². The molecule has 0 aliphatic rings. The molecule has 1 rings (SSSR count). The minimum Gasteiger partial charge on any atom is -0.386 e. The molecule has 1 atom stereocenters. The van der Waals surface area contributed by atoms with Crippen LogP contribution >= 0.6 is 0 Å². The van der Waals surface area contributed by atoms with Crippen LogP contribution in [0.2, 0.25) is 0 Å². The van der Waals surface area contributed by atoms with Crippen molar-refractivity contribution in [1.29, 1.82) is 0 Å². The quantitative estimate of drug-likeness (QED) is 0.426. The largest absolute Gasteiger partial charge is 0.386 e. The zero-order valence-electron chi connectivity index (χ0n) is 12.8. The Morgan fingerprint density at radius 3 is 2.87 bits per heavy atom. The number of carbonyl (C=O) groups excluding carboxylic acids is 2. The maximum absolute atomic E-state index is 11.6. The third-order valence-corrected chi connectivity index (χ3v) is 2.78. The van der Waals surface area contributed by atoms with Gasteiger partial charge in [-0.1, -0.05) is 18.1 Å². The Labute approximate surface area is 132 Å². The van der Waals surface area contributed by atoms with Crippen LogP contribution in [0, 0.1) is 10.1 Å². The van der Waals surface area contributed by atoms with Gasteiger partial charge in [-0.15, -0.1) is 0 Å². The van der Waals surface area contributed by atoms with Gasteiger partial charge in [0.15, 0.2) is 6.61 Å². The summed E-state index contributed by atoms with van der Waals surface area (Å²) >= 11 is 0. The summed E-state index contributed by atoms with van der Waals surface area (Å²) < 4.78 is 0. The topological polar surface area (TPSA) is 123 Å². The van der Waals surface area contributed by atoms with Crippen LogP contribution in [0.25, 0.3) is 0 Å². The summed E-state index contributed by atoms with van der Waals surface area (Å²) in [5, 5.41) is 19.1. The zero-order chi connectivity index (χ0) is 17.2. The standard InChI is InChI=1S/C14H18N4O5/c1-3-10(2)16-14(20)9-23-15-8-13(19)17-11-5-4-6-12(7-11)18(21)22/h4-8,10H,3,9H2,1-2H3,(H,16,20)(H,17,19)/b15-8-/t10-/m1/s1. The molecule has 9 nitrogen and oxygen atoms in total. The minimum absolute atomic E-state index is 0.0345. The van der Waals surface area contributed by atoms with Crippen LogP contribution in [0.1, 0.15) is 20.3 Å². The summed E-state index contributed by atoms with van der Waals surface area (Å²) in [6.45, 7) is 3.49. The normalized spacial score (nSPS) is 11.7. The third kappa shape index (κ3) is 7.02. The molecule has 0 aliphatic carbocycles. The molecular formula is C14H18N4O5. The molecule has 0 radical (unpaired) electrons. The van der Waals surface area contributed by atoms with E-state index in [4.69, 9.17) is 4.84 Å². The Kier molecular flexibility index (Phi) is 7.18. The summed E-state index contributed by atoms with van der Waals surface area (Å²) in [6.07, 6.45) is 1.63. The molecule has 0 bridgehead atoms. The molecule has 2 N–H and O–H groups in total. The van der Waals surface area contributed by atoms with Gasteiger partial charge < -0.3 is 15.5 Å². The molecule has 0 aliphatic heterocycles. The Balaban J connectivity index is 2.40. The van der Waals surface area contributed by atoms with Crippen LogP contribution in [-0.4, -0.2) is 35.6 Å². The van der Waals surface area contributed by atoms with E-state index >= 15 is 0 Å². The molecule has 0 aromatic heterocycles. The monoisotopic (exact) mass is 322 g/mol. The molecule has 2 amide bonds. The number of amides is 2. The lowest BCUT2D eigenvalue weighted by Crippen LogP contribution is -2.34. The van der Waals surface area contributed by atoms with Crippen LogP contribution in [0.4, 0.5) is 11.4 Å². The first-order valence-electron chi connectivity index (χ1n) is 6.92. The van der Waals surface area contributed by atoms with Gasteiger partial charge in [-0.25, -0.2) is 0 Å². The molecule has 0 heterocycles. The van der Waals surface area contributed by atoms with Crippen LogP contribution in [0.5, 0.6) is 0 Å². The van der Waals surface area contributed by atoms with Crippen molar-refractivity contribution in [2.24, 2.45) is 5.16 Å². The number of nitro groups is 1. The predicted octanol–water partition coefficient (Wildman–Crippen LogP) is 1.45. The number of hydrogen-bond acceptors (Lipinski definition) is 6. The van der Waals surface area contributed by atoms with Gasteiger partial charge in [-0.2, -0.15) is 0 Å². The van der Waals surface area contributed by atoms with E-state index in [-0.39, 0.29) is 29.9 Å². The average molecular weight is 322 g/mol. The van der Waals surface area contributed by atoms with E-state index in [0.717, 1.165) is 12.6 Å². The van der Waals surface area contributed by atoms with Crippen molar-refractivity contribution in [3.63, 3.8) is 0 Å². The summed E-state index contributed by atoms with van der Waals surface area (Å²) in [7, 11) is 0. The second-order valence-electron chi connectivity index (χ2n) is 4.68. The highest BCUT2D eigenvalue weighted by molar-refractivity contribution is 6.31. The van der Waals surface area contributed by atoms with Gasteiger partial charge in [0, 0.05) is 23.9 Å². The third-order valence-electron chi connectivity index (χ3n) is 2.78. The lowest BCUT2D eigenvalue weighted by atomic mass is 10.2. The van der Waals surface area contributed by atoms with E-state index < -0.39 is 10.8 Å². The predicted molar refractivity (Wildman–Crippen MR) is 84.1 cm³/mol. The maximum Gasteiger partial charge on any atom is 0.271 e. The Morgan fingerprint density at radius 1 is 1.48 bits per heavy atom. The molecule has 9 heteroatoms. The van der Waals surface area contributed by atoms with Crippen molar-refractivity contribution < 1.29 is 19.3 Å². The van der Waals surface area contributed by atoms with Crippen molar-refractivity contribution in [2.45, 2.75) is 26.3 Å². The highest BCUT2D eigenvalue weighted by Gasteiger charge is 2.07. The molecule has 0 fully saturated rings. The van der Waals surface area contributed by atoms with Gasteiger partial charge in [0.25, 0.3) is 17.5 Å². The molecule has 1 aromatic rings. The van der Waals surface area contributed by atoms with Crippen LogP contribution < -0.4 is 10.6 Å². The fourth-order valence-corrected chi connectivity index (χ4v) is 1.47. The van der Waals surface area contributed by atoms with Crippen molar-refractivity contribution in [3.05, 3.63) is 34.4 Å². The molecule has 0 spiro atoms. The Bertz CT molecular complexity index is 603. The van der Waals surface area contributed by atoms with Gasteiger partial charge in [0.1, 0.15) is 6.21 Å². The average Bonchev–Trinajstić information content (AvgIpc) is 2.51. The first-order valence-corrected chi connectivity index (χ1v) is 6.92. The molecule has 0 unspecified atom stereocenters. The molecule has 0 saturated heterocycles. The number of nitrogens with zero attached hydrogens (tertiary/aromatic N) is 2.